The van der Waals surface area contributed by atoms with E-state index in [1.807, 2.05) is 5.49 Å². The third-order valence-electron chi connectivity index (χ3n) is 0.102. The van der Waals surface area contributed by atoms with Gasteiger partial charge in [0.15, 0.2) is 0 Å². The molecule has 5 heteroatoms. The molecule has 0 heterocycles. The van der Waals surface area contributed by atoms with E-state index < -0.39 is 0 Å². The van der Waals surface area contributed by atoms with Crippen LogP contribution in [-0.2, 0) is 19.5 Å². The minimum atomic E-state index is 0. The van der Waals surface area contributed by atoms with Gasteiger partial charge in [-0.25, -0.2) is 0 Å². The van der Waals surface area contributed by atoms with Crippen LogP contribution in [0, 0.1) is 0 Å². The number of nitrogens with two attached hydrogens (primary N) is 1. The minimum absolute atomic E-state index is 0. The second kappa shape index (κ2) is 26.2. The standard InChI is InChI=1S/C2H4NS.CH2NS.Zn/c1-3-2-4;2-1-3;/h1H3,(H,3,4);(H2,2,3);/q2*-1;+2. The average Bonchev–Trinajstić information content (AvgIpc) is 1.69. The topological polar surface area (TPSA) is 38.0 Å². The second-order valence-electron chi connectivity index (χ2n) is 0.470. The van der Waals surface area contributed by atoms with Crippen molar-refractivity contribution in [1.82, 2.24) is 5.32 Å². The van der Waals surface area contributed by atoms with E-state index in [1.54, 1.807) is 7.05 Å². The number of hydrogen-bond donors (Lipinski definition) is 2. The molecule has 8 heavy (non-hydrogen) atoms. The van der Waals surface area contributed by atoms with E-state index in [4.69, 9.17) is 0 Å². The molecule has 0 rings (SSSR count). The smallest absolute Gasteiger partial charge is 0.570 e. The zero-order chi connectivity index (χ0) is 6.12. The first-order chi connectivity index (χ1) is 3.33. The number of thiocarbonyl (C=S) groups is 2. The summed E-state index contributed by atoms with van der Waals surface area (Å²) in [5.41, 5.74) is 8.51. The molecule has 0 aromatic carbocycles. The maximum Gasteiger partial charge on any atom is 2.00 e. The number of rotatable bonds is 1. The van der Waals surface area contributed by atoms with Gasteiger partial charge >= 0.3 is 19.5 Å². The molecule has 0 aliphatic rings. The fourth-order valence-corrected chi connectivity index (χ4v) is 0. The van der Waals surface area contributed by atoms with Gasteiger partial charge in [-0.1, -0.05) is 0 Å². The van der Waals surface area contributed by atoms with Gasteiger partial charge in [0, 0.05) is 0 Å². The average molecular weight is 200 g/mol. The van der Waals surface area contributed by atoms with Crippen LogP contribution in [0.2, 0.25) is 0 Å². The van der Waals surface area contributed by atoms with Crippen LogP contribution in [0.25, 0.3) is 0 Å². The summed E-state index contributed by atoms with van der Waals surface area (Å²) in [6.45, 7) is 0. The van der Waals surface area contributed by atoms with Crippen LogP contribution in [0.1, 0.15) is 0 Å². The largest absolute Gasteiger partial charge is 2.00 e. The SMILES string of the molecule is CN[C-]=S.N[C-]=S.[Zn+2]. The first kappa shape index (κ1) is 15.8. The van der Waals surface area contributed by atoms with Gasteiger partial charge in [0.25, 0.3) is 0 Å². The van der Waals surface area contributed by atoms with Crippen molar-refractivity contribution in [2.75, 3.05) is 7.05 Å². The van der Waals surface area contributed by atoms with Crippen molar-refractivity contribution in [3.8, 4) is 0 Å². The summed E-state index contributed by atoms with van der Waals surface area (Å²) in [4.78, 5) is 0. The van der Waals surface area contributed by atoms with E-state index in [0.717, 1.165) is 0 Å². The summed E-state index contributed by atoms with van der Waals surface area (Å²) in [6.07, 6.45) is 0. The van der Waals surface area contributed by atoms with E-state index in [2.05, 4.69) is 41.0 Å². The van der Waals surface area contributed by atoms with E-state index in [0.29, 0.717) is 0 Å². The Kier molecular flexibility index (Phi) is 51.7. The Balaban J connectivity index is -0.0000000575. The van der Waals surface area contributed by atoms with Gasteiger partial charge in [0.2, 0.25) is 0 Å². The molecule has 0 aliphatic carbocycles. The van der Waals surface area contributed by atoms with Gasteiger partial charge in [0.05, 0.1) is 0 Å². The molecule has 0 bridgehead atoms. The van der Waals surface area contributed by atoms with Crippen LogP contribution < -0.4 is 11.1 Å². The first-order valence-electron chi connectivity index (χ1n) is 1.45. The molecule has 0 aromatic heterocycles. The van der Waals surface area contributed by atoms with E-state index >= 15 is 0 Å². The summed E-state index contributed by atoms with van der Waals surface area (Å²) in [6, 6.07) is 0. The summed E-state index contributed by atoms with van der Waals surface area (Å²) in [5, 5.41) is 2.50. The molecule has 42 valence electrons. The molecule has 0 unspecified atom stereocenters. The van der Waals surface area contributed by atoms with Gasteiger partial charge < -0.3 is 46.5 Å². The summed E-state index contributed by atoms with van der Waals surface area (Å²) >= 11 is 8.11. The van der Waals surface area contributed by atoms with E-state index in [-0.39, 0.29) is 19.5 Å². The maximum absolute atomic E-state index is 4.41. The Morgan fingerprint density at radius 2 is 1.62 bits per heavy atom. The Morgan fingerprint density at radius 1 is 1.50 bits per heavy atom. The quantitative estimate of drug-likeness (QED) is 0.266. The molecule has 2 nitrogen and oxygen atoms in total. The van der Waals surface area contributed by atoms with Gasteiger partial charge in [-0.05, 0) is 7.05 Å². The summed E-state index contributed by atoms with van der Waals surface area (Å²) in [5.74, 6) is 0. The van der Waals surface area contributed by atoms with Crippen LogP contribution in [0.3, 0.4) is 0 Å². The minimum Gasteiger partial charge on any atom is -0.570 e. The number of nitrogens with one attached hydrogen (secondary N) is 1. The van der Waals surface area contributed by atoms with Crippen molar-refractivity contribution in [2.24, 2.45) is 5.73 Å². The molecule has 0 atom stereocenters. The number of hydrogen-bond acceptors (Lipinski definition) is 2. The molecular weight excluding hydrogens is 194 g/mol. The summed E-state index contributed by atoms with van der Waals surface area (Å²) < 4.78 is 0. The van der Waals surface area contributed by atoms with Crippen LogP contribution in [0.15, 0.2) is 0 Å². The maximum atomic E-state index is 4.41. The van der Waals surface area contributed by atoms with Crippen molar-refractivity contribution in [1.29, 1.82) is 0 Å². The van der Waals surface area contributed by atoms with E-state index in [1.165, 1.54) is 0 Å². The predicted molar refractivity (Wildman–Crippen MR) is 38.4 cm³/mol. The Morgan fingerprint density at radius 3 is 1.62 bits per heavy atom. The molecule has 3 N–H and O–H groups in total. The first-order valence-corrected chi connectivity index (χ1v) is 2.26. The zero-order valence-electron chi connectivity index (χ0n) is 4.60. The third kappa shape index (κ3) is 94.9. The fourth-order valence-electron chi connectivity index (χ4n) is 0. The van der Waals surface area contributed by atoms with Crippen LogP contribution in [0.4, 0.5) is 0 Å². The molecule has 0 fully saturated rings. The van der Waals surface area contributed by atoms with Gasteiger partial charge in [-0.2, -0.15) is 0 Å². The zero-order valence-corrected chi connectivity index (χ0v) is 9.20. The van der Waals surface area contributed by atoms with Crippen molar-refractivity contribution in [3.05, 3.63) is 0 Å². The van der Waals surface area contributed by atoms with Crippen LogP contribution in [0.5, 0.6) is 0 Å². The van der Waals surface area contributed by atoms with Crippen LogP contribution in [-0.4, -0.2) is 18.0 Å². The van der Waals surface area contributed by atoms with Crippen molar-refractivity contribution >= 4 is 35.4 Å². The van der Waals surface area contributed by atoms with Gasteiger partial charge in [0.1, 0.15) is 0 Å². The Labute approximate surface area is 73.0 Å². The molecule has 0 saturated carbocycles. The molecule has 0 aromatic rings. The monoisotopic (exact) mass is 198 g/mol. The van der Waals surface area contributed by atoms with Crippen LogP contribution >= 0.6 is 24.4 Å². The summed E-state index contributed by atoms with van der Waals surface area (Å²) in [7, 11) is 1.72. The Bertz CT molecular complexity index is 50.5. The van der Waals surface area contributed by atoms with Crippen molar-refractivity contribution in [2.45, 2.75) is 0 Å². The molecule has 0 radical (unpaired) electrons. The van der Waals surface area contributed by atoms with Crippen molar-refractivity contribution in [3.63, 3.8) is 0 Å². The molecule has 0 spiro atoms. The molecule has 0 saturated heterocycles. The van der Waals surface area contributed by atoms with Crippen molar-refractivity contribution < 1.29 is 19.5 Å². The third-order valence-corrected chi connectivity index (χ3v) is 0.306. The molecule has 0 aliphatic heterocycles. The second-order valence-corrected chi connectivity index (χ2v) is 0.910. The molecular formula is C3H6N2S2Zn. The Hall–Kier alpha value is 0.403. The van der Waals surface area contributed by atoms with E-state index in [9.17, 15) is 0 Å². The fraction of sp³-hybridized carbons (Fsp3) is 0.333. The predicted octanol–water partition coefficient (Wildman–Crippen LogP) is -0.183. The van der Waals surface area contributed by atoms with Gasteiger partial charge in [-0.3, -0.25) is 0 Å². The molecule has 0 amide bonds. The normalized spacial score (nSPS) is 4.12. The van der Waals surface area contributed by atoms with Gasteiger partial charge in [-0.15, -0.1) is 0 Å².